The Balaban J connectivity index is 0.953. The largest absolute Gasteiger partial charge is 0.311 e. The van der Waals surface area contributed by atoms with E-state index in [2.05, 4.69) is 384 Å². The van der Waals surface area contributed by atoms with Crippen molar-refractivity contribution in [1.82, 2.24) is 9.13 Å². The van der Waals surface area contributed by atoms with Crippen molar-refractivity contribution in [3.8, 4) is 55.9 Å². The highest BCUT2D eigenvalue weighted by atomic mass is 15.2. The molecule has 14 aromatic carbocycles. The van der Waals surface area contributed by atoms with Gasteiger partial charge in [0.1, 0.15) is 0 Å². The summed E-state index contributed by atoms with van der Waals surface area (Å²) in [5.41, 5.74) is 32.7. The minimum absolute atomic E-state index is 0.0222. The molecule has 2 aromatic heterocycles. The molecule has 118 heavy (non-hydrogen) atoms. The summed E-state index contributed by atoms with van der Waals surface area (Å²) in [5.74, 6) is 0. The molecule has 0 saturated heterocycles. The first-order valence-electron chi connectivity index (χ1n) is 46.3. The number of rotatable bonds is 6. The first kappa shape index (κ1) is 66.4. The standard InChI is InChI=1S/C113H109BN4/c1-106(2,3)70-46-52-98(85(60-70)68-54-72(108(7,8)9)58-73(55-68)109(10,11)12)117-101-64-77(115-95-43-31-25-37-82(95)83-38-26-32-44-96(83)115)48-50-93(101)114-94-51-49-78(116-97-45-33-27-39-84(97)88-66-87-81-36-24-30-42-91(81)113(92(87)67-100(88)116)89-40-28-22-34-79(89)80-35-23-29-41-90(80)113)65-102(94)118(104-63-76(112(19,20)21)62-103(117)105(104)114)99-53-47-71(107(4,5)6)61-86(99)69-56-74(110(13,14)15)59-75(57-69)111(16,17)18/h22-67H,1-21H3/i25D,26D,31D,32D,37D,38D,43D,44D. The highest BCUT2D eigenvalue weighted by Gasteiger charge is 2.53. The monoisotopic (exact) mass is 1540 g/mol. The molecule has 4 nitrogen and oxygen atoms in total. The normalized spacial score (nSPS) is 15.3. The number of anilines is 6. The van der Waals surface area contributed by atoms with Crippen LogP contribution in [0.1, 0.15) is 218 Å². The molecular weight excluding hydrogens is 1420 g/mol. The van der Waals surface area contributed by atoms with Crippen LogP contribution in [0.3, 0.4) is 0 Å². The van der Waals surface area contributed by atoms with Gasteiger partial charge in [0.2, 0.25) is 0 Å². The van der Waals surface area contributed by atoms with Crippen molar-refractivity contribution >= 4 is 101 Å². The highest BCUT2D eigenvalue weighted by molar-refractivity contribution is 7.00. The maximum atomic E-state index is 9.97. The number of hydrogen-bond acceptors (Lipinski definition) is 2. The molecule has 5 heteroatoms. The maximum Gasteiger partial charge on any atom is 0.252 e. The van der Waals surface area contributed by atoms with E-state index in [4.69, 9.17) is 0 Å². The molecule has 0 atom stereocenters. The first-order chi connectivity index (χ1) is 59.3. The average Bonchev–Trinajstić information content (AvgIpc) is 1.47. The van der Waals surface area contributed by atoms with Crippen LogP contribution in [0.2, 0.25) is 0 Å². The van der Waals surface area contributed by atoms with Crippen LogP contribution in [0.15, 0.2) is 279 Å². The van der Waals surface area contributed by atoms with Crippen LogP contribution >= 0.6 is 0 Å². The van der Waals surface area contributed by atoms with Crippen LogP contribution in [-0.2, 0) is 43.3 Å². The number of fused-ring (bicyclic) bond motifs is 20. The molecule has 584 valence electrons. The van der Waals surface area contributed by atoms with Crippen molar-refractivity contribution in [3.05, 3.63) is 340 Å². The highest BCUT2D eigenvalue weighted by Crippen LogP contribution is 2.64. The summed E-state index contributed by atoms with van der Waals surface area (Å²) in [6.07, 6.45) is 0. The molecule has 20 rings (SSSR count). The number of benzene rings is 14. The summed E-state index contributed by atoms with van der Waals surface area (Å²) in [6, 6.07) is 85.1. The Hall–Kier alpha value is -11.7. The molecule has 4 heterocycles. The van der Waals surface area contributed by atoms with Crippen LogP contribution in [0, 0.1) is 0 Å². The van der Waals surface area contributed by atoms with Gasteiger partial charge in [0.25, 0.3) is 6.71 Å². The van der Waals surface area contributed by atoms with Crippen LogP contribution < -0.4 is 26.2 Å². The first-order valence-corrected chi connectivity index (χ1v) is 42.3. The fourth-order valence-electron chi connectivity index (χ4n) is 19.9. The smallest absolute Gasteiger partial charge is 0.252 e. The van der Waals surface area contributed by atoms with E-state index < -0.39 is 41.7 Å². The fraction of sp³-hybridized carbons (Fsp3) is 0.257. The van der Waals surface area contributed by atoms with E-state index in [1.165, 1.54) is 72.3 Å². The molecule has 0 radical (unpaired) electrons. The lowest BCUT2D eigenvalue weighted by atomic mass is 9.33. The minimum atomic E-state index is -0.612. The van der Waals surface area contributed by atoms with Crippen molar-refractivity contribution < 1.29 is 11.0 Å². The molecule has 0 unspecified atom stereocenters. The van der Waals surface area contributed by atoms with Crippen molar-refractivity contribution in [1.29, 1.82) is 0 Å². The Labute approximate surface area is 711 Å². The van der Waals surface area contributed by atoms with Gasteiger partial charge in [-0.05, 0) is 240 Å². The number of hydrogen-bond donors (Lipinski definition) is 0. The average molecular weight is 1540 g/mol. The second-order valence-corrected chi connectivity index (χ2v) is 41.3. The summed E-state index contributed by atoms with van der Waals surface area (Å²) in [6.45, 7) is 48.0. The van der Waals surface area contributed by atoms with Crippen LogP contribution in [0.5, 0.6) is 0 Å². The van der Waals surface area contributed by atoms with Gasteiger partial charge in [-0.25, -0.2) is 0 Å². The molecule has 4 aliphatic rings. The van der Waals surface area contributed by atoms with Crippen molar-refractivity contribution in [2.24, 2.45) is 0 Å². The topological polar surface area (TPSA) is 16.3 Å². The molecular formula is C113H109BN4. The Morgan fingerprint density at radius 3 is 1.05 bits per heavy atom. The predicted octanol–water partition coefficient (Wildman–Crippen LogP) is 28.7. The third-order valence-electron chi connectivity index (χ3n) is 26.4. The Kier molecular flexibility index (Phi) is 14.4. The van der Waals surface area contributed by atoms with Gasteiger partial charge < -0.3 is 18.9 Å². The van der Waals surface area contributed by atoms with E-state index in [9.17, 15) is 11.0 Å². The molecule has 0 amide bonds. The summed E-state index contributed by atoms with van der Waals surface area (Å²) in [7, 11) is 0. The maximum absolute atomic E-state index is 9.97. The van der Waals surface area contributed by atoms with Gasteiger partial charge in [0, 0.05) is 66.8 Å². The van der Waals surface area contributed by atoms with E-state index in [1.807, 2.05) is 6.07 Å². The SMILES string of the molecule is [2H]c1c([2H])c([2H])c2c(c1[2H])c1c([2H])c([2H])c([2H])c([2H])c1n2-c1ccc2c(c1)N(c1ccc(C(C)(C)C)cc1-c1cc(C(C)(C)C)cc(C(C)(C)C)c1)c1cc(C(C)(C)C)cc3c1B2c1ccc(-n2c4ccccc4c4cc5c(cc42)C2(c4ccccc4-c4ccccc42)c2ccccc2-5)cc1N3c1ccc(C(C)(C)C)cc1-c1cc(C(C)(C)C)cc(C(C)(C)C)c1. The Morgan fingerprint density at radius 2 is 0.627 bits per heavy atom. The zero-order valence-corrected chi connectivity index (χ0v) is 72.3. The van der Waals surface area contributed by atoms with Crippen LogP contribution in [0.4, 0.5) is 34.1 Å². The molecule has 16 aromatic rings. The van der Waals surface area contributed by atoms with Gasteiger partial charge in [0.05, 0.1) is 49.8 Å². The summed E-state index contributed by atoms with van der Waals surface area (Å²) >= 11 is 0. The van der Waals surface area contributed by atoms with Gasteiger partial charge in [-0.1, -0.05) is 333 Å². The number of para-hydroxylation sites is 3. The van der Waals surface area contributed by atoms with E-state index in [0.29, 0.717) is 5.69 Å². The van der Waals surface area contributed by atoms with Crippen molar-refractivity contribution in [2.45, 2.75) is 189 Å². The van der Waals surface area contributed by atoms with E-state index in [-0.39, 0.29) is 78.5 Å². The van der Waals surface area contributed by atoms with E-state index in [1.54, 1.807) is 4.57 Å². The van der Waals surface area contributed by atoms with Gasteiger partial charge >= 0.3 is 0 Å². The van der Waals surface area contributed by atoms with Crippen molar-refractivity contribution in [3.63, 3.8) is 0 Å². The fourth-order valence-corrected chi connectivity index (χ4v) is 19.9. The third-order valence-corrected chi connectivity index (χ3v) is 26.4. The van der Waals surface area contributed by atoms with Gasteiger partial charge in [-0.15, -0.1) is 0 Å². The van der Waals surface area contributed by atoms with Crippen molar-refractivity contribution in [2.75, 3.05) is 9.80 Å². The van der Waals surface area contributed by atoms with Gasteiger partial charge in [-0.2, -0.15) is 0 Å². The Bertz CT molecular complexity index is 7260. The molecule has 0 bridgehead atoms. The lowest BCUT2D eigenvalue weighted by molar-refractivity contribution is 0.568. The molecule has 0 saturated carbocycles. The van der Waals surface area contributed by atoms with Gasteiger partial charge in [0.15, 0.2) is 0 Å². The zero-order chi connectivity index (χ0) is 89.3. The molecule has 2 aliphatic carbocycles. The van der Waals surface area contributed by atoms with Crippen LogP contribution in [-0.4, -0.2) is 15.8 Å². The second-order valence-electron chi connectivity index (χ2n) is 41.3. The molecule has 0 N–H and O–H groups in total. The number of nitrogens with zero attached hydrogens (tertiary/aromatic N) is 4. The number of aromatic nitrogens is 2. The lowest BCUT2D eigenvalue weighted by Crippen LogP contribution is -2.61. The minimum Gasteiger partial charge on any atom is -0.311 e. The van der Waals surface area contributed by atoms with E-state index in [0.717, 1.165) is 111 Å². The molecule has 1 spiro atoms. The lowest BCUT2D eigenvalue weighted by Gasteiger charge is -2.46. The van der Waals surface area contributed by atoms with Gasteiger partial charge in [-0.3, -0.25) is 0 Å². The molecule has 2 aliphatic heterocycles. The summed E-state index contributed by atoms with van der Waals surface area (Å²) in [4.78, 5) is 5.12. The summed E-state index contributed by atoms with van der Waals surface area (Å²) < 4.78 is 80.7. The third kappa shape index (κ3) is 11.4. The van der Waals surface area contributed by atoms with E-state index >= 15 is 0 Å². The quantitative estimate of drug-likeness (QED) is 0.154. The second kappa shape index (κ2) is 25.7. The Morgan fingerprint density at radius 1 is 0.254 bits per heavy atom. The van der Waals surface area contributed by atoms with Crippen LogP contribution in [0.25, 0.3) is 99.5 Å². The predicted molar refractivity (Wildman–Crippen MR) is 507 cm³/mol. The molecule has 0 fully saturated rings. The zero-order valence-electron chi connectivity index (χ0n) is 80.3. The summed E-state index contributed by atoms with van der Waals surface area (Å²) in [5, 5.41) is 2.35.